The van der Waals surface area contributed by atoms with Gasteiger partial charge in [-0.15, -0.1) is 0 Å². The van der Waals surface area contributed by atoms with Gasteiger partial charge in [-0.2, -0.15) is 92.2 Å². The second kappa shape index (κ2) is 9.10. The minimum atomic E-state index is -7.69. The molecule has 0 bridgehead atoms. The summed E-state index contributed by atoms with van der Waals surface area (Å²) in [6.07, 6.45) is -22.6. The minimum Gasteiger partial charge on any atom is -0.386 e. The zero-order chi connectivity index (χ0) is 32.7. The molecule has 1 N–H and O–H groups in total. The zero-order valence-electron chi connectivity index (χ0n) is 18.5. The van der Waals surface area contributed by atoms with Crippen molar-refractivity contribution >= 4 is 0 Å². The molecule has 0 aliphatic rings. The number of hydrogen-bond acceptors (Lipinski definition) is 1. The Hall–Kier alpha value is -2.29. The smallest absolute Gasteiger partial charge is 0.386 e. The molecular weight excluding hydrogens is 631 g/mol. The summed E-state index contributed by atoms with van der Waals surface area (Å²) >= 11 is 0. The van der Waals surface area contributed by atoms with Crippen LogP contribution in [0.25, 0.3) is 0 Å². The van der Waals surface area contributed by atoms with Crippen molar-refractivity contribution in [2.24, 2.45) is 0 Å². The minimum absolute atomic E-state index is 0.235. The van der Waals surface area contributed by atoms with E-state index in [1.54, 1.807) is 0 Å². The number of rotatable bonds is 7. The Bertz CT molecular complexity index is 1040. The second-order valence-electron chi connectivity index (χ2n) is 8.45. The van der Waals surface area contributed by atoms with Crippen molar-refractivity contribution in [1.29, 1.82) is 0 Å². The van der Waals surface area contributed by atoms with Crippen LogP contribution in [0.15, 0.2) is 12.1 Å². The number of halogens is 21. The third-order valence-corrected chi connectivity index (χ3v) is 5.04. The van der Waals surface area contributed by atoms with E-state index in [1.807, 2.05) is 0 Å². The number of hydrogen-bond donors (Lipinski definition) is 1. The molecule has 0 aliphatic carbocycles. The normalized spacial score (nSPS) is 16.0. The molecule has 0 saturated carbocycles. The van der Waals surface area contributed by atoms with Crippen LogP contribution in [-0.2, 0) is 23.4 Å². The molecule has 0 unspecified atom stereocenters. The molecule has 0 heterocycles. The van der Waals surface area contributed by atoms with Crippen LogP contribution in [0.1, 0.15) is 36.1 Å². The number of aliphatic hydroxyl groups is 1. The maximum Gasteiger partial charge on any atom is 0.460 e. The van der Waals surface area contributed by atoms with Gasteiger partial charge in [0.2, 0.25) is 0 Å². The summed E-state index contributed by atoms with van der Waals surface area (Å²) in [5, 5.41) is 9.86. The van der Waals surface area contributed by atoms with E-state index in [1.165, 1.54) is 0 Å². The lowest BCUT2D eigenvalue weighted by Crippen LogP contribution is -2.54. The summed E-state index contributed by atoms with van der Waals surface area (Å²) in [5.41, 5.74) is -18.7. The first-order valence-corrected chi connectivity index (χ1v) is 9.35. The average Bonchev–Trinajstić information content (AvgIpc) is 2.69. The SMILES string of the molecule is CC(C)(O)c1c(C(F)(F)C(F)(F)C(F)(F)F)cc(C(F)(F)C(F)(F)C(F)(F)F)cc1C(F)(F)C(F)(F)C(F)(F)F. The predicted molar refractivity (Wildman–Crippen MR) is 86.4 cm³/mol. The fourth-order valence-electron chi connectivity index (χ4n) is 3.03. The van der Waals surface area contributed by atoms with Gasteiger partial charge in [0.05, 0.1) is 5.60 Å². The Morgan fingerprint density at radius 1 is 0.425 bits per heavy atom. The fraction of sp³-hybridized carbons (Fsp3) is 0.667. The van der Waals surface area contributed by atoms with E-state index in [4.69, 9.17) is 0 Å². The monoisotopic (exact) mass is 640 g/mol. The van der Waals surface area contributed by atoms with E-state index in [-0.39, 0.29) is 13.8 Å². The topological polar surface area (TPSA) is 20.2 Å². The van der Waals surface area contributed by atoms with E-state index in [2.05, 4.69) is 0 Å². The van der Waals surface area contributed by atoms with Gasteiger partial charge in [-0.1, -0.05) is 0 Å². The fourth-order valence-corrected chi connectivity index (χ4v) is 3.03. The molecule has 0 aliphatic heterocycles. The van der Waals surface area contributed by atoms with Crippen LogP contribution in [0.3, 0.4) is 0 Å². The van der Waals surface area contributed by atoms with Gasteiger partial charge in [0.25, 0.3) is 0 Å². The van der Waals surface area contributed by atoms with Gasteiger partial charge in [-0.3, -0.25) is 0 Å². The lowest BCUT2D eigenvalue weighted by Gasteiger charge is -2.38. The largest absolute Gasteiger partial charge is 0.460 e. The Morgan fingerprint density at radius 3 is 0.850 bits per heavy atom. The van der Waals surface area contributed by atoms with Gasteiger partial charge in [-0.25, -0.2) is 0 Å². The molecule has 1 nitrogen and oxygen atoms in total. The van der Waals surface area contributed by atoms with Crippen molar-refractivity contribution in [2.75, 3.05) is 0 Å². The van der Waals surface area contributed by atoms with E-state index in [9.17, 15) is 97.3 Å². The van der Waals surface area contributed by atoms with Crippen molar-refractivity contribution in [1.82, 2.24) is 0 Å². The molecule has 0 fully saturated rings. The van der Waals surface area contributed by atoms with Crippen molar-refractivity contribution in [3.8, 4) is 0 Å². The first-order valence-electron chi connectivity index (χ1n) is 9.35. The summed E-state index contributed by atoms with van der Waals surface area (Å²) in [6, 6.07) is -3.64. The maximum absolute atomic E-state index is 14.5. The van der Waals surface area contributed by atoms with Crippen molar-refractivity contribution in [3.05, 3.63) is 34.4 Å². The molecule has 1 aromatic rings. The van der Waals surface area contributed by atoms with Crippen LogP contribution in [0.4, 0.5) is 92.2 Å². The third-order valence-electron chi connectivity index (χ3n) is 5.04. The van der Waals surface area contributed by atoms with Crippen LogP contribution in [0.5, 0.6) is 0 Å². The lowest BCUT2D eigenvalue weighted by molar-refractivity contribution is -0.363. The van der Waals surface area contributed by atoms with Gasteiger partial charge in [0.15, 0.2) is 0 Å². The number of benzene rings is 1. The summed E-state index contributed by atoms with van der Waals surface area (Å²) in [6.45, 7) is -0.470. The van der Waals surface area contributed by atoms with E-state index >= 15 is 0 Å². The van der Waals surface area contributed by atoms with Crippen molar-refractivity contribution in [2.45, 2.75) is 73.5 Å². The summed E-state index contributed by atoms with van der Waals surface area (Å²) in [5.74, 6) is -45.1. The summed E-state index contributed by atoms with van der Waals surface area (Å²) < 4.78 is 282. The molecule has 0 saturated heterocycles. The first-order chi connectivity index (χ1) is 17.0. The molecule has 0 atom stereocenters. The third kappa shape index (κ3) is 5.12. The highest BCUT2D eigenvalue weighted by Crippen LogP contribution is 2.60. The van der Waals surface area contributed by atoms with E-state index in [0.717, 1.165) is 0 Å². The second-order valence-corrected chi connectivity index (χ2v) is 8.45. The molecule has 1 aromatic carbocycles. The van der Waals surface area contributed by atoms with E-state index < -0.39 is 94.1 Å². The van der Waals surface area contributed by atoms with Gasteiger partial charge < -0.3 is 5.11 Å². The van der Waals surface area contributed by atoms with Gasteiger partial charge in [-0.05, 0) is 26.0 Å². The quantitative estimate of drug-likeness (QED) is 0.296. The van der Waals surface area contributed by atoms with Crippen LogP contribution >= 0.6 is 0 Å². The molecular formula is C18H9F21O. The van der Waals surface area contributed by atoms with Crippen molar-refractivity contribution in [3.63, 3.8) is 0 Å². The molecule has 0 radical (unpaired) electrons. The standard InChI is InChI=1S/C18H9F21O/c1-9(2,40)8-6(11(21,22)14(27,28)17(34,35)36)3-5(10(19,20)13(25,26)16(31,32)33)4-7(8)12(23,24)15(29,30)18(37,38)39/h3-4,40H,1-2H3. The molecule has 1 rings (SSSR count). The predicted octanol–water partition coefficient (Wildman–Crippen LogP) is 8.78. The molecule has 40 heavy (non-hydrogen) atoms. The highest BCUT2D eigenvalue weighted by molar-refractivity contribution is 5.50. The molecule has 22 heteroatoms. The molecule has 0 aromatic heterocycles. The molecule has 0 amide bonds. The van der Waals surface area contributed by atoms with Crippen LogP contribution in [-0.4, -0.2) is 41.4 Å². The molecule has 0 spiro atoms. The molecule has 234 valence electrons. The van der Waals surface area contributed by atoms with Crippen molar-refractivity contribution < 1.29 is 97.3 Å². The van der Waals surface area contributed by atoms with E-state index in [0.29, 0.717) is 0 Å². The highest BCUT2D eigenvalue weighted by atomic mass is 19.4. The first kappa shape index (κ1) is 35.7. The van der Waals surface area contributed by atoms with Crippen LogP contribution in [0, 0.1) is 0 Å². The lowest BCUT2D eigenvalue weighted by atomic mass is 9.79. The van der Waals surface area contributed by atoms with Gasteiger partial charge in [0.1, 0.15) is 0 Å². The average molecular weight is 640 g/mol. The highest BCUT2D eigenvalue weighted by Gasteiger charge is 2.78. The summed E-state index contributed by atoms with van der Waals surface area (Å²) in [4.78, 5) is 0. The van der Waals surface area contributed by atoms with Crippen LogP contribution in [0.2, 0.25) is 0 Å². The summed E-state index contributed by atoms with van der Waals surface area (Å²) in [7, 11) is 0. The number of alkyl halides is 21. The Balaban J connectivity index is 4.66. The Morgan fingerprint density at radius 2 is 0.650 bits per heavy atom. The zero-order valence-corrected chi connectivity index (χ0v) is 18.5. The Kier molecular flexibility index (Phi) is 8.13. The van der Waals surface area contributed by atoms with Crippen LogP contribution < -0.4 is 0 Å². The Labute approximate surface area is 206 Å². The van der Waals surface area contributed by atoms with Gasteiger partial charge >= 0.3 is 54.1 Å². The maximum atomic E-state index is 14.5. The van der Waals surface area contributed by atoms with Gasteiger partial charge in [0, 0.05) is 22.3 Å².